The van der Waals surface area contributed by atoms with E-state index in [-0.39, 0.29) is 31.1 Å². The van der Waals surface area contributed by atoms with Gasteiger partial charge < -0.3 is 14.2 Å². The van der Waals surface area contributed by atoms with E-state index in [4.69, 9.17) is 14.2 Å². The second kappa shape index (κ2) is 52.8. The summed E-state index contributed by atoms with van der Waals surface area (Å²) in [6.45, 7) is 11.5. The molecular formula is C60H116O6. The molecule has 0 rings (SSSR count). The third kappa shape index (κ3) is 51.8. The topological polar surface area (TPSA) is 78.9 Å². The normalized spacial score (nSPS) is 12.5. The highest BCUT2D eigenvalue weighted by atomic mass is 16.6. The maximum absolute atomic E-state index is 12.8. The quantitative estimate of drug-likeness (QED) is 0.0343. The van der Waals surface area contributed by atoms with Crippen LogP contribution in [-0.2, 0) is 28.6 Å². The van der Waals surface area contributed by atoms with Gasteiger partial charge >= 0.3 is 17.9 Å². The van der Waals surface area contributed by atoms with E-state index in [1.54, 1.807) is 0 Å². The van der Waals surface area contributed by atoms with E-state index in [1.165, 1.54) is 225 Å². The third-order valence-electron chi connectivity index (χ3n) is 14.1. The van der Waals surface area contributed by atoms with Gasteiger partial charge in [-0.1, -0.05) is 298 Å². The van der Waals surface area contributed by atoms with Gasteiger partial charge in [-0.3, -0.25) is 14.4 Å². The maximum Gasteiger partial charge on any atom is 0.306 e. The van der Waals surface area contributed by atoms with Crippen molar-refractivity contribution in [1.29, 1.82) is 0 Å². The van der Waals surface area contributed by atoms with Gasteiger partial charge in [-0.15, -0.1) is 0 Å². The number of rotatable bonds is 54. The molecule has 0 bridgehead atoms. The number of hydrogen-bond acceptors (Lipinski definition) is 6. The molecule has 2 atom stereocenters. The molecule has 0 aromatic heterocycles. The van der Waals surface area contributed by atoms with E-state index in [9.17, 15) is 14.4 Å². The maximum atomic E-state index is 12.8. The van der Waals surface area contributed by atoms with Crippen molar-refractivity contribution in [2.24, 2.45) is 11.8 Å². The van der Waals surface area contributed by atoms with Crippen molar-refractivity contribution in [2.45, 2.75) is 343 Å². The van der Waals surface area contributed by atoms with Crippen molar-refractivity contribution in [3.8, 4) is 0 Å². The number of carbonyl (C=O) groups is 3. The summed E-state index contributed by atoms with van der Waals surface area (Å²) < 4.78 is 16.9. The fraction of sp³-hybridized carbons (Fsp3) is 0.950. The van der Waals surface area contributed by atoms with Gasteiger partial charge in [0.2, 0.25) is 0 Å². The molecule has 1 unspecified atom stereocenters. The number of ether oxygens (including phenoxy) is 3. The smallest absolute Gasteiger partial charge is 0.306 e. The van der Waals surface area contributed by atoms with Crippen LogP contribution >= 0.6 is 0 Å². The number of unbranched alkanes of at least 4 members (excludes halogenated alkanes) is 38. The lowest BCUT2D eigenvalue weighted by atomic mass is 9.99. The van der Waals surface area contributed by atoms with E-state index in [2.05, 4.69) is 34.6 Å². The molecule has 0 spiro atoms. The zero-order valence-electron chi connectivity index (χ0n) is 45.3. The van der Waals surface area contributed by atoms with Gasteiger partial charge in [-0.2, -0.15) is 0 Å². The van der Waals surface area contributed by atoms with E-state index < -0.39 is 6.10 Å². The summed E-state index contributed by atoms with van der Waals surface area (Å²) in [5.74, 6) is 0.898. The molecule has 0 saturated heterocycles. The standard InChI is InChI=1S/C60H116O6/c1-6-8-9-10-11-12-13-25-32-37-42-47-52-60(63)66-57(54-65-59(62)51-46-41-36-31-27-22-23-28-33-38-43-48-55(3)4)53-64-58(61)50-45-40-35-30-26-21-19-17-15-14-16-18-20-24-29-34-39-44-49-56(5)7-2/h55-57H,6-54H2,1-5H3/t56?,57-/m0/s1. The molecule has 66 heavy (non-hydrogen) atoms. The van der Waals surface area contributed by atoms with Crippen LogP contribution in [0.15, 0.2) is 0 Å². The Morgan fingerprint density at radius 2 is 0.576 bits per heavy atom. The minimum Gasteiger partial charge on any atom is -0.462 e. The highest BCUT2D eigenvalue weighted by molar-refractivity contribution is 5.71. The minimum atomic E-state index is -0.762. The zero-order chi connectivity index (χ0) is 48.2. The lowest BCUT2D eigenvalue weighted by Gasteiger charge is -2.18. The Morgan fingerprint density at radius 1 is 0.318 bits per heavy atom. The van der Waals surface area contributed by atoms with Crippen molar-refractivity contribution < 1.29 is 28.6 Å². The van der Waals surface area contributed by atoms with Crippen molar-refractivity contribution in [3.05, 3.63) is 0 Å². The summed E-state index contributed by atoms with van der Waals surface area (Å²) in [6, 6.07) is 0. The molecule has 0 aliphatic carbocycles. The highest BCUT2D eigenvalue weighted by Gasteiger charge is 2.19. The van der Waals surface area contributed by atoms with Crippen LogP contribution in [0.4, 0.5) is 0 Å². The molecule has 392 valence electrons. The molecule has 0 aromatic rings. The van der Waals surface area contributed by atoms with Crippen LogP contribution < -0.4 is 0 Å². The Kier molecular flexibility index (Phi) is 51.5. The molecule has 0 saturated carbocycles. The molecular weight excluding hydrogens is 817 g/mol. The van der Waals surface area contributed by atoms with E-state index in [1.807, 2.05) is 0 Å². The predicted molar refractivity (Wildman–Crippen MR) is 284 cm³/mol. The van der Waals surface area contributed by atoms with Crippen LogP contribution in [0.5, 0.6) is 0 Å². The first-order valence-electron chi connectivity index (χ1n) is 29.8. The Morgan fingerprint density at radius 3 is 0.864 bits per heavy atom. The molecule has 0 N–H and O–H groups in total. The van der Waals surface area contributed by atoms with Gasteiger partial charge in [0, 0.05) is 19.3 Å². The Bertz CT molecular complexity index is 1010. The van der Waals surface area contributed by atoms with E-state index in [0.29, 0.717) is 19.3 Å². The second-order valence-electron chi connectivity index (χ2n) is 21.4. The van der Waals surface area contributed by atoms with Gasteiger partial charge in [0.15, 0.2) is 6.10 Å². The minimum absolute atomic E-state index is 0.0625. The number of carbonyl (C=O) groups excluding carboxylic acids is 3. The zero-order valence-corrected chi connectivity index (χ0v) is 45.3. The monoisotopic (exact) mass is 933 g/mol. The average Bonchev–Trinajstić information content (AvgIpc) is 3.30. The SMILES string of the molecule is CCCCCCCCCCCCCCC(=O)O[C@@H](COC(=O)CCCCCCCCCCCCCCCCCCCCC(C)CC)COC(=O)CCCCCCCCCCCCCC(C)C. The fourth-order valence-electron chi connectivity index (χ4n) is 9.20. The summed E-state index contributed by atoms with van der Waals surface area (Å²) >= 11 is 0. The second-order valence-corrected chi connectivity index (χ2v) is 21.4. The molecule has 0 amide bonds. The van der Waals surface area contributed by atoms with Crippen LogP contribution in [0, 0.1) is 11.8 Å². The van der Waals surface area contributed by atoms with Crippen LogP contribution in [0.2, 0.25) is 0 Å². The predicted octanol–water partition coefficient (Wildman–Crippen LogP) is 19.7. The number of hydrogen-bond donors (Lipinski definition) is 0. The van der Waals surface area contributed by atoms with Crippen molar-refractivity contribution in [3.63, 3.8) is 0 Å². The fourth-order valence-corrected chi connectivity index (χ4v) is 9.20. The molecule has 0 aromatic carbocycles. The van der Waals surface area contributed by atoms with Crippen LogP contribution in [-0.4, -0.2) is 37.2 Å². The molecule has 0 radical (unpaired) electrons. The van der Waals surface area contributed by atoms with Gasteiger partial charge in [-0.25, -0.2) is 0 Å². The van der Waals surface area contributed by atoms with Gasteiger partial charge in [0.05, 0.1) is 0 Å². The Hall–Kier alpha value is -1.59. The van der Waals surface area contributed by atoms with Crippen LogP contribution in [0.3, 0.4) is 0 Å². The third-order valence-corrected chi connectivity index (χ3v) is 14.1. The van der Waals surface area contributed by atoms with Crippen molar-refractivity contribution >= 4 is 17.9 Å². The first kappa shape index (κ1) is 64.4. The highest BCUT2D eigenvalue weighted by Crippen LogP contribution is 2.19. The summed E-state index contributed by atoms with van der Waals surface area (Å²) in [4.78, 5) is 38.1. The van der Waals surface area contributed by atoms with Gasteiger partial charge in [0.25, 0.3) is 0 Å². The summed E-state index contributed by atoms with van der Waals surface area (Å²) in [5.41, 5.74) is 0. The van der Waals surface area contributed by atoms with Crippen LogP contribution in [0.1, 0.15) is 336 Å². The average molecular weight is 934 g/mol. The molecule has 6 nitrogen and oxygen atoms in total. The number of esters is 3. The molecule has 0 heterocycles. The van der Waals surface area contributed by atoms with Gasteiger partial charge in [-0.05, 0) is 31.1 Å². The summed E-state index contributed by atoms with van der Waals surface area (Å²) in [7, 11) is 0. The molecule has 6 heteroatoms. The van der Waals surface area contributed by atoms with Gasteiger partial charge in [0.1, 0.15) is 13.2 Å². The summed E-state index contributed by atoms with van der Waals surface area (Å²) in [5, 5.41) is 0. The first-order valence-corrected chi connectivity index (χ1v) is 29.8. The van der Waals surface area contributed by atoms with Crippen molar-refractivity contribution in [2.75, 3.05) is 13.2 Å². The van der Waals surface area contributed by atoms with E-state index in [0.717, 1.165) is 69.6 Å². The first-order chi connectivity index (χ1) is 32.3. The lowest BCUT2D eigenvalue weighted by Crippen LogP contribution is -2.30. The summed E-state index contributed by atoms with van der Waals surface area (Å²) in [6.07, 6.45) is 56.6. The van der Waals surface area contributed by atoms with Crippen molar-refractivity contribution in [1.82, 2.24) is 0 Å². The largest absolute Gasteiger partial charge is 0.462 e. The lowest BCUT2D eigenvalue weighted by molar-refractivity contribution is -0.167. The Labute approximate surface area is 412 Å². The molecule has 0 aliphatic rings. The Balaban J connectivity index is 4.21. The van der Waals surface area contributed by atoms with E-state index >= 15 is 0 Å². The molecule has 0 fully saturated rings. The molecule has 0 aliphatic heterocycles. The van der Waals surface area contributed by atoms with Crippen LogP contribution in [0.25, 0.3) is 0 Å².